The van der Waals surface area contributed by atoms with Gasteiger partial charge in [-0.2, -0.15) is 0 Å². The molecule has 2 amide bonds. The maximum atomic E-state index is 11.5. The number of carboxylic acid groups (broad SMARTS) is 2. The lowest BCUT2D eigenvalue weighted by Gasteiger charge is -2.13. The van der Waals surface area contributed by atoms with Gasteiger partial charge in [-0.25, -0.2) is 9.59 Å². The van der Waals surface area contributed by atoms with Crippen LogP contribution in [0.5, 0.6) is 0 Å². The molecule has 0 aliphatic heterocycles. The minimum absolute atomic E-state index is 0.102. The minimum Gasteiger partial charge on any atom is -0.481 e. The highest BCUT2D eigenvalue weighted by molar-refractivity contribution is 6.31. The molecule has 1 atom stereocenters. The zero-order valence-electron chi connectivity index (χ0n) is 10.3. The molecule has 1 aromatic rings. The molecule has 1 rings (SSSR count). The number of aliphatic carboxylic acids is 2. The average Bonchev–Trinajstić information content (AvgIpc) is 2.36. The molecule has 4 N–H and O–H groups in total. The zero-order chi connectivity index (χ0) is 15.1. The van der Waals surface area contributed by atoms with E-state index in [9.17, 15) is 14.4 Å². The van der Waals surface area contributed by atoms with E-state index in [-0.39, 0.29) is 6.54 Å². The number of nitrogens with one attached hydrogen (secondary N) is 2. The topological polar surface area (TPSA) is 116 Å². The first-order valence-corrected chi connectivity index (χ1v) is 6.00. The number of halogens is 1. The molecule has 1 aromatic carbocycles. The van der Waals surface area contributed by atoms with Crippen molar-refractivity contribution in [2.45, 2.75) is 19.0 Å². The van der Waals surface area contributed by atoms with Crippen LogP contribution in [0, 0.1) is 0 Å². The van der Waals surface area contributed by atoms with Gasteiger partial charge >= 0.3 is 18.0 Å². The second-order valence-corrected chi connectivity index (χ2v) is 4.31. The Morgan fingerprint density at radius 1 is 1.20 bits per heavy atom. The lowest BCUT2D eigenvalue weighted by atomic mass is 10.2. The second-order valence-electron chi connectivity index (χ2n) is 3.91. The lowest BCUT2D eigenvalue weighted by molar-refractivity contribution is -0.145. The van der Waals surface area contributed by atoms with E-state index in [0.717, 1.165) is 0 Å². The largest absolute Gasteiger partial charge is 0.481 e. The Hall–Kier alpha value is -2.28. The molecule has 108 valence electrons. The van der Waals surface area contributed by atoms with Crippen LogP contribution in [0.2, 0.25) is 5.02 Å². The third-order valence-corrected chi connectivity index (χ3v) is 2.75. The monoisotopic (exact) mass is 300 g/mol. The third kappa shape index (κ3) is 5.15. The Balaban J connectivity index is 2.52. The van der Waals surface area contributed by atoms with Crippen molar-refractivity contribution < 1.29 is 24.6 Å². The SMILES string of the molecule is O=C(O)C[C@@H](NC(=O)NCc1ccccc1Cl)C(=O)O. The van der Waals surface area contributed by atoms with Gasteiger partial charge in [-0.15, -0.1) is 0 Å². The highest BCUT2D eigenvalue weighted by Crippen LogP contribution is 2.14. The fourth-order valence-corrected chi connectivity index (χ4v) is 1.60. The van der Waals surface area contributed by atoms with Gasteiger partial charge in [0.25, 0.3) is 0 Å². The van der Waals surface area contributed by atoms with Gasteiger partial charge in [0.2, 0.25) is 0 Å². The normalized spacial score (nSPS) is 11.4. The third-order valence-electron chi connectivity index (χ3n) is 2.38. The molecule has 0 spiro atoms. The predicted molar refractivity (Wildman–Crippen MR) is 70.5 cm³/mol. The van der Waals surface area contributed by atoms with Gasteiger partial charge in [0.15, 0.2) is 0 Å². The van der Waals surface area contributed by atoms with Crippen molar-refractivity contribution in [2.24, 2.45) is 0 Å². The van der Waals surface area contributed by atoms with Crippen molar-refractivity contribution in [2.75, 3.05) is 0 Å². The predicted octanol–water partition coefficient (Wildman–Crippen LogP) is 1.07. The van der Waals surface area contributed by atoms with Crippen LogP contribution >= 0.6 is 11.6 Å². The molecule has 0 unspecified atom stereocenters. The molecule has 0 bridgehead atoms. The van der Waals surface area contributed by atoms with Crippen molar-refractivity contribution in [3.05, 3.63) is 34.9 Å². The maximum absolute atomic E-state index is 11.5. The number of hydrogen-bond acceptors (Lipinski definition) is 3. The molecule has 0 heterocycles. The number of amides is 2. The van der Waals surface area contributed by atoms with Crippen LogP contribution in [0.1, 0.15) is 12.0 Å². The van der Waals surface area contributed by atoms with E-state index in [1.165, 1.54) is 0 Å². The summed E-state index contributed by atoms with van der Waals surface area (Å²) < 4.78 is 0. The zero-order valence-corrected chi connectivity index (χ0v) is 11.1. The molecule has 0 saturated heterocycles. The maximum Gasteiger partial charge on any atom is 0.326 e. The first-order valence-electron chi connectivity index (χ1n) is 5.62. The molecule has 8 heteroatoms. The summed E-state index contributed by atoms with van der Waals surface area (Å²) >= 11 is 5.89. The van der Waals surface area contributed by atoms with Crippen molar-refractivity contribution in [3.63, 3.8) is 0 Å². The molecule has 20 heavy (non-hydrogen) atoms. The molecular weight excluding hydrogens is 288 g/mol. The molecular formula is C12H13ClN2O5. The van der Waals surface area contributed by atoms with E-state index in [1.54, 1.807) is 24.3 Å². The first-order chi connectivity index (χ1) is 9.40. The van der Waals surface area contributed by atoms with E-state index in [1.807, 2.05) is 0 Å². The van der Waals surface area contributed by atoms with Crippen molar-refractivity contribution >= 4 is 29.6 Å². The molecule has 0 aliphatic carbocycles. The van der Waals surface area contributed by atoms with Gasteiger partial charge in [-0.05, 0) is 11.6 Å². The Morgan fingerprint density at radius 3 is 2.40 bits per heavy atom. The Bertz CT molecular complexity index is 520. The van der Waals surface area contributed by atoms with Gasteiger partial charge in [0.1, 0.15) is 6.04 Å². The summed E-state index contributed by atoms with van der Waals surface area (Å²) in [5.74, 6) is -2.73. The second kappa shape index (κ2) is 7.34. The molecule has 0 radical (unpaired) electrons. The Kier molecular flexibility index (Phi) is 5.79. The quantitative estimate of drug-likeness (QED) is 0.627. The number of benzene rings is 1. The van der Waals surface area contributed by atoms with E-state index in [0.29, 0.717) is 10.6 Å². The van der Waals surface area contributed by atoms with E-state index >= 15 is 0 Å². The molecule has 0 saturated carbocycles. The van der Waals surface area contributed by atoms with Crippen LogP contribution in [0.4, 0.5) is 4.79 Å². The highest BCUT2D eigenvalue weighted by Gasteiger charge is 2.22. The van der Waals surface area contributed by atoms with E-state index in [4.69, 9.17) is 21.8 Å². The summed E-state index contributed by atoms with van der Waals surface area (Å²) in [7, 11) is 0. The molecule has 7 nitrogen and oxygen atoms in total. The number of carboxylic acids is 2. The Morgan fingerprint density at radius 2 is 1.85 bits per heavy atom. The summed E-state index contributed by atoms with van der Waals surface area (Å²) in [5.41, 5.74) is 0.662. The summed E-state index contributed by atoms with van der Waals surface area (Å²) in [6.45, 7) is 0.102. The lowest BCUT2D eigenvalue weighted by Crippen LogP contribution is -2.46. The molecule has 0 fully saturated rings. The van der Waals surface area contributed by atoms with Gasteiger partial charge in [0.05, 0.1) is 6.42 Å². The van der Waals surface area contributed by atoms with Crippen molar-refractivity contribution in [3.8, 4) is 0 Å². The average molecular weight is 301 g/mol. The summed E-state index contributed by atoms with van der Waals surface area (Å²) in [4.78, 5) is 32.7. The Labute approximate surface area is 119 Å². The van der Waals surface area contributed by atoms with Gasteiger partial charge in [-0.3, -0.25) is 4.79 Å². The smallest absolute Gasteiger partial charge is 0.326 e. The van der Waals surface area contributed by atoms with E-state index in [2.05, 4.69) is 10.6 Å². The van der Waals surface area contributed by atoms with Crippen LogP contribution in [0.15, 0.2) is 24.3 Å². The van der Waals surface area contributed by atoms with Crippen LogP contribution in [0.25, 0.3) is 0 Å². The minimum atomic E-state index is -1.49. The van der Waals surface area contributed by atoms with Crippen molar-refractivity contribution in [1.82, 2.24) is 10.6 Å². The van der Waals surface area contributed by atoms with Gasteiger partial charge in [-0.1, -0.05) is 29.8 Å². The summed E-state index contributed by atoms with van der Waals surface area (Å²) in [6.07, 6.45) is -0.700. The number of urea groups is 1. The first kappa shape index (κ1) is 15.8. The van der Waals surface area contributed by atoms with Crippen LogP contribution < -0.4 is 10.6 Å². The number of hydrogen-bond donors (Lipinski definition) is 4. The van der Waals surface area contributed by atoms with Gasteiger partial charge < -0.3 is 20.8 Å². The van der Waals surface area contributed by atoms with Gasteiger partial charge in [0, 0.05) is 11.6 Å². The standard InChI is InChI=1S/C12H13ClN2O5/c13-8-4-2-1-3-7(8)6-14-12(20)15-9(11(18)19)5-10(16)17/h1-4,9H,5-6H2,(H,16,17)(H,18,19)(H2,14,15,20)/t9-/m1/s1. The van der Waals surface area contributed by atoms with Crippen molar-refractivity contribution in [1.29, 1.82) is 0 Å². The van der Waals surface area contributed by atoms with Crippen LogP contribution in [-0.2, 0) is 16.1 Å². The van der Waals surface area contributed by atoms with Crippen LogP contribution in [-0.4, -0.2) is 34.2 Å². The summed E-state index contributed by atoms with van der Waals surface area (Å²) in [5, 5.41) is 22.2. The van der Waals surface area contributed by atoms with Crippen LogP contribution in [0.3, 0.4) is 0 Å². The molecule has 0 aliphatic rings. The number of carbonyl (C=O) groups excluding carboxylic acids is 1. The highest BCUT2D eigenvalue weighted by atomic mass is 35.5. The summed E-state index contributed by atoms with van der Waals surface area (Å²) in [6, 6.07) is 4.57. The molecule has 0 aromatic heterocycles. The number of carbonyl (C=O) groups is 3. The number of rotatable bonds is 6. The fourth-order valence-electron chi connectivity index (χ4n) is 1.40. The van der Waals surface area contributed by atoms with E-state index < -0.39 is 30.4 Å². The fraction of sp³-hybridized carbons (Fsp3) is 0.250.